The number of rotatable bonds is 7. The van der Waals surface area contributed by atoms with Gasteiger partial charge in [0.1, 0.15) is 17.3 Å². The molecule has 0 N–H and O–H groups in total. The molecule has 4 nitrogen and oxygen atoms in total. The standard InChI is InChI=1S/C26H26N2O2/c1-19-25-7-5-4-6-22(25)16-26(27-19)28(17-20-8-12-23(29-2)13-9-20)18-21-10-14-24(30-3)15-11-21/h4-16H,17-18H2,1-3H3. The molecule has 0 spiro atoms. The van der Waals surface area contributed by atoms with E-state index in [9.17, 15) is 0 Å². The highest BCUT2D eigenvalue weighted by Gasteiger charge is 2.13. The predicted molar refractivity (Wildman–Crippen MR) is 122 cm³/mol. The lowest BCUT2D eigenvalue weighted by Crippen LogP contribution is -2.23. The summed E-state index contributed by atoms with van der Waals surface area (Å²) in [7, 11) is 3.37. The summed E-state index contributed by atoms with van der Waals surface area (Å²) in [5.74, 6) is 2.69. The van der Waals surface area contributed by atoms with E-state index >= 15 is 0 Å². The molecule has 0 aliphatic rings. The molecule has 152 valence electrons. The van der Waals surface area contributed by atoms with E-state index in [0.717, 1.165) is 36.1 Å². The van der Waals surface area contributed by atoms with Crippen LogP contribution >= 0.6 is 0 Å². The zero-order valence-electron chi connectivity index (χ0n) is 17.6. The Morgan fingerprint density at radius 2 is 1.27 bits per heavy atom. The number of anilines is 1. The molecule has 0 fully saturated rings. The van der Waals surface area contributed by atoms with E-state index in [-0.39, 0.29) is 0 Å². The third-order valence-corrected chi connectivity index (χ3v) is 5.31. The second-order valence-electron chi connectivity index (χ2n) is 7.34. The van der Waals surface area contributed by atoms with Gasteiger partial charge < -0.3 is 14.4 Å². The van der Waals surface area contributed by atoms with E-state index in [2.05, 4.69) is 66.4 Å². The molecule has 4 heteroatoms. The Balaban J connectivity index is 1.69. The number of methoxy groups -OCH3 is 2. The van der Waals surface area contributed by atoms with Crippen LogP contribution in [0.3, 0.4) is 0 Å². The molecule has 1 heterocycles. The van der Waals surface area contributed by atoms with Gasteiger partial charge >= 0.3 is 0 Å². The highest BCUT2D eigenvalue weighted by Crippen LogP contribution is 2.26. The molecule has 30 heavy (non-hydrogen) atoms. The molecule has 0 saturated heterocycles. The van der Waals surface area contributed by atoms with E-state index < -0.39 is 0 Å². The molecular formula is C26H26N2O2. The molecule has 4 rings (SSSR count). The highest BCUT2D eigenvalue weighted by atomic mass is 16.5. The second kappa shape index (κ2) is 8.87. The summed E-state index contributed by atoms with van der Waals surface area (Å²) in [5, 5.41) is 2.39. The maximum Gasteiger partial charge on any atom is 0.130 e. The topological polar surface area (TPSA) is 34.6 Å². The number of hydrogen-bond donors (Lipinski definition) is 0. The second-order valence-corrected chi connectivity index (χ2v) is 7.34. The largest absolute Gasteiger partial charge is 0.497 e. The minimum atomic E-state index is 0.751. The molecule has 0 atom stereocenters. The van der Waals surface area contributed by atoms with Crippen molar-refractivity contribution in [2.24, 2.45) is 0 Å². The molecule has 0 bridgehead atoms. The molecule has 0 amide bonds. The lowest BCUT2D eigenvalue weighted by atomic mass is 10.1. The van der Waals surface area contributed by atoms with Crippen molar-refractivity contribution in [3.63, 3.8) is 0 Å². The Bertz CT molecular complexity index is 1070. The van der Waals surface area contributed by atoms with Gasteiger partial charge in [-0.1, -0.05) is 48.5 Å². The van der Waals surface area contributed by atoms with Gasteiger partial charge in [-0.15, -0.1) is 0 Å². The summed E-state index contributed by atoms with van der Waals surface area (Å²) in [4.78, 5) is 7.25. The van der Waals surface area contributed by atoms with E-state index in [1.165, 1.54) is 21.9 Å². The van der Waals surface area contributed by atoms with Crippen LogP contribution in [0.15, 0.2) is 78.9 Å². The maximum absolute atomic E-state index is 5.30. The van der Waals surface area contributed by atoms with Crippen LogP contribution in [-0.2, 0) is 13.1 Å². The van der Waals surface area contributed by atoms with Gasteiger partial charge in [0, 0.05) is 24.2 Å². The number of hydrogen-bond acceptors (Lipinski definition) is 4. The minimum Gasteiger partial charge on any atom is -0.497 e. The molecule has 0 saturated carbocycles. The molecule has 4 aromatic rings. The van der Waals surface area contributed by atoms with E-state index in [4.69, 9.17) is 14.5 Å². The van der Waals surface area contributed by atoms with Gasteiger partial charge in [0.15, 0.2) is 0 Å². The summed E-state index contributed by atoms with van der Waals surface area (Å²) in [6, 6.07) is 27.0. The molecule has 0 unspecified atom stereocenters. The first kappa shape index (κ1) is 19.8. The summed E-state index contributed by atoms with van der Waals surface area (Å²) < 4.78 is 10.6. The average Bonchev–Trinajstić information content (AvgIpc) is 2.79. The van der Waals surface area contributed by atoms with Crippen molar-refractivity contribution in [2.75, 3.05) is 19.1 Å². The van der Waals surface area contributed by atoms with Crippen molar-refractivity contribution in [2.45, 2.75) is 20.0 Å². The lowest BCUT2D eigenvalue weighted by Gasteiger charge is -2.25. The molecule has 3 aromatic carbocycles. The smallest absolute Gasteiger partial charge is 0.130 e. The van der Waals surface area contributed by atoms with Crippen molar-refractivity contribution >= 4 is 16.6 Å². The van der Waals surface area contributed by atoms with Crippen LogP contribution < -0.4 is 14.4 Å². The summed E-state index contributed by atoms with van der Waals surface area (Å²) in [6.07, 6.45) is 0. The van der Waals surface area contributed by atoms with Crippen LogP contribution in [0.4, 0.5) is 5.82 Å². The first-order valence-corrected chi connectivity index (χ1v) is 10.0. The van der Waals surface area contributed by atoms with Crippen molar-refractivity contribution in [3.8, 4) is 11.5 Å². The van der Waals surface area contributed by atoms with Gasteiger partial charge in [0.05, 0.1) is 14.2 Å². The summed E-state index contributed by atoms with van der Waals surface area (Å²) in [6.45, 7) is 3.58. The predicted octanol–water partition coefficient (Wildman–Crippen LogP) is 5.77. The number of nitrogens with zero attached hydrogens (tertiary/aromatic N) is 2. The first-order chi connectivity index (χ1) is 14.7. The van der Waals surface area contributed by atoms with Crippen LogP contribution in [0.1, 0.15) is 16.8 Å². The van der Waals surface area contributed by atoms with Gasteiger partial charge in [-0.3, -0.25) is 0 Å². The molecular weight excluding hydrogens is 372 g/mol. The normalized spacial score (nSPS) is 10.8. The van der Waals surface area contributed by atoms with E-state index in [0.29, 0.717) is 0 Å². The lowest BCUT2D eigenvalue weighted by molar-refractivity contribution is 0.414. The Hall–Kier alpha value is -3.53. The Morgan fingerprint density at radius 3 is 1.80 bits per heavy atom. The number of pyridine rings is 1. The van der Waals surface area contributed by atoms with Gasteiger partial charge in [0.25, 0.3) is 0 Å². The fraction of sp³-hybridized carbons (Fsp3) is 0.192. The van der Waals surface area contributed by atoms with Crippen LogP contribution in [0.25, 0.3) is 10.8 Å². The molecule has 0 aliphatic heterocycles. The van der Waals surface area contributed by atoms with Gasteiger partial charge in [-0.25, -0.2) is 4.98 Å². The quantitative estimate of drug-likeness (QED) is 0.396. The number of ether oxygens (including phenoxy) is 2. The minimum absolute atomic E-state index is 0.751. The first-order valence-electron chi connectivity index (χ1n) is 10.0. The maximum atomic E-state index is 5.30. The zero-order chi connectivity index (χ0) is 20.9. The average molecular weight is 399 g/mol. The van der Waals surface area contributed by atoms with Gasteiger partial charge in [-0.2, -0.15) is 0 Å². The Labute approximate surface area is 177 Å². The van der Waals surface area contributed by atoms with Crippen LogP contribution in [0.2, 0.25) is 0 Å². The number of benzene rings is 3. The third-order valence-electron chi connectivity index (χ3n) is 5.31. The Kier molecular flexibility index (Phi) is 5.84. The fourth-order valence-electron chi connectivity index (χ4n) is 3.64. The zero-order valence-corrected chi connectivity index (χ0v) is 17.6. The van der Waals surface area contributed by atoms with Crippen molar-refractivity contribution < 1.29 is 9.47 Å². The summed E-state index contributed by atoms with van der Waals surface area (Å²) >= 11 is 0. The van der Waals surface area contributed by atoms with Crippen LogP contribution in [0, 0.1) is 6.92 Å². The highest BCUT2D eigenvalue weighted by molar-refractivity contribution is 5.86. The van der Waals surface area contributed by atoms with Crippen LogP contribution in [0.5, 0.6) is 11.5 Å². The number of aromatic nitrogens is 1. The van der Waals surface area contributed by atoms with Crippen molar-refractivity contribution in [3.05, 3.63) is 95.7 Å². The summed E-state index contributed by atoms with van der Waals surface area (Å²) in [5.41, 5.74) is 3.45. The monoisotopic (exact) mass is 398 g/mol. The molecule has 1 aromatic heterocycles. The van der Waals surface area contributed by atoms with E-state index in [1.807, 2.05) is 24.3 Å². The molecule has 0 radical (unpaired) electrons. The fourth-order valence-corrected chi connectivity index (χ4v) is 3.64. The van der Waals surface area contributed by atoms with Gasteiger partial charge in [-0.05, 0) is 53.8 Å². The van der Waals surface area contributed by atoms with Crippen LogP contribution in [-0.4, -0.2) is 19.2 Å². The molecule has 0 aliphatic carbocycles. The van der Waals surface area contributed by atoms with E-state index in [1.54, 1.807) is 14.2 Å². The number of fused-ring (bicyclic) bond motifs is 1. The van der Waals surface area contributed by atoms with Crippen molar-refractivity contribution in [1.29, 1.82) is 0 Å². The Morgan fingerprint density at radius 1 is 0.733 bits per heavy atom. The van der Waals surface area contributed by atoms with Crippen molar-refractivity contribution in [1.82, 2.24) is 4.98 Å². The number of aryl methyl sites for hydroxylation is 1. The SMILES string of the molecule is COc1ccc(CN(Cc2ccc(OC)cc2)c2cc3ccccc3c(C)n2)cc1. The van der Waals surface area contributed by atoms with Gasteiger partial charge in [0.2, 0.25) is 0 Å². The third kappa shape index (κ3) is 4.38.